The van der Waals surface area contributed by atoms with Crippen LogP contribution in [0, 0.1) is 11.3 Å². The minimum atomic E-state index is -0.324. The fraction of sp³-hybridized carbons (Fsp3) is 0.611. The van der Waals surface area contributed by atoms with E-state index in [1.54, 1.807) is 0 Å². The van der Waals surface area contributed by atoms with Crippen LogP contribution in [-0.4, -0.2) is 24.5 Å². The minimum Gasteiger partial charge on any atom is -0.310 e. The van der Waals surface area contributed by atoms with Crippen LogP contribution in [0.5, 0.6) is 0 Å². The summed E-state index contributed by atoms with van der Waals surface area (Å²) in [5, 5.41) is 22.7. The third-order valence-electron chi connectivity index (χ3n) is 5.08. The van der Waals surface area contributed by atoms with E-state index in [2.05, 4.69) is 25.9 Å². The van der Waals surface area contributed by atoms with E-state index in [4.69, 9.17) is 0 Å². The topological polar surface area (TPSA) is 89.4 Å². The summed E-state index contributed by atoms with van der Waals surface area (Å²) in [6.45, 7) is 4.22. The molecule has 2 fully saturated rings. The van der Waals surface area contributed by atoms with Crippen molar-refractivity contribution in [1.29, 1.82) is 5.26 Å². The van der Waals surface area contributed by atoms with Gasteiger partial charge < -0.3 is 4.57 Å². The summed E-state index contributed by atoms with van der Waals surface area (Å²) in [5.41, 5.74) is 1.48. The molecule has 2 aliphatic rings. The summed E-state index contributed by atoms with van der Waals surface area (Å²) >= 11 is 0. The zero-order chi connectivity index (χ0) is 17.6. The lowest BCUT2D eigenvalue weighted by atomic mass is 10.0. The maximum atomic E-state index is 12.7. The highest BCUT2D eigenvalue weighted by Gasteiger charge is 2.36. The first-order chi connectivity index (χ1) is 12.2. The van der Waals surface area contributed by atoms with Gasteiger partial charge in [0.25, 0.3) is 5.56 Å². The van der Waals surface area contributed by atoms with Gasteiger partial charge in [0.2, 0.25) is 0 Å². The van der Waals surface area contributed by atoms with Gasteiger partial charge in [-0.25, -0.2) is 4.68 Å². The molecule has 0 saturated heterocycles. The molecular weight excluding hydrogens is 316 g/mol. The molecule has 0 amide bonds. The second kappa shape index (κ2) is 6.10. The molecule has 2 aromatic heterocycles. The molecule has 2 saturated carbocycles. The van der Waals surface area contributed by atoms with Crippen molar-refractivity contribution in [3.63, 3.8) is 0 Å². The van der Waals surface area contributed by atoms with Crippen LogP contribution in [0.2, 0.25) is 0 Å². The second-order valence-electron chi connectivity index (χ2n) is 6.93. The highest BCUT2D eigenvalue weighted by molar-refractivity contribution is 5.38. The van der Waals surface area contributed by atoms with E-state index in [1.165, 1.54) is 17.5 Å². The molecule has 2 aliphatic carbocycles. The van der Waals surface area contributed by atoms with Crippen molar-refractivity contribution < 1.29 is 0 Å². The van der Waals surface area contributed by atoms with Gasteiger partial charge in [-0.1, -0.05) is 13.8 Å². The Morgan fingerprint density at radius 3 is 2.48 bits per heavy atom. The fourth-order valence-electron chi connectivity index (χ4n) is 3.47. The van der Waals surface area contributed by atoms with E-state index < -0.39 is 0 Å². The first kappa shape index (κ1) is 16.0. The molecule has 0 spiro atoms. The number of hydrogen-bond acceptors (Lipinski definition) is 5. The minimum absolute atomic E-state index is 0.217. The number of aryl methyl sites for hydroxylation is 1. The van der Waals surface area contributed by atoms with Crippen LogP contribution in [0.1, 0.15) is 80.0 Å². The van der Waals surface area contributed by atoms with Gasteiger partial charge in [-0.15, -0.1) is 10.2 Å². The van der Waals surface area contributed by atoms with E-state index in [0.717, 1.165) is 35.7 Å². The first-order valence-electron chi connectivity index (χ1n) is 9.14. The van der Waals surface area contributed by atoms with Crippen molar-refractivity contribution in [2.24, 2.45) is 0 Å². The van der Waals surface area contributed by atoms with Crippen LogP contribution in [-0.2, 0) is 19.4 Å². The Hall–Kier alpha value is -2.49. The van der Waals surface area contributed by atoms with Gasteiger partial charge in [0.1, 0.15) is 24.0 Å². The molecule has 130 valence electrons. The van der Waals surface area contributed by atoms with Crippen LogP contribution in [0.15, 0.2) is 4.79 Å². The first-order valence-corrected chi connectivity index (χ1v) is 9.14. The van der Waals surface area contributed by atoms with Gasteiger partial charge in [0.05, 0.1) is 5.69 Å². The predicted octanol–water partition coefficient (Wildman–Crippen LogP) is 2.09. The number of hydrogen-bond donors (Lipinski definition) is 0. The molecule has 0 unspecified atom stereocenters. The third kappa shape index (κ3) is 2.76. The Balaban J connectivity index is 1.77. The maximum Gasteiger partial charge on any atom is 0.285 e. The molecule has 0 aromatic carbocycles. The number of nitriles is 1. The Bertz CT molecular complexity index is 911. The highest BCUT2D eigenvalue weighted by Crippen LogP contribution is 2.44. The van der Waals surface area contributed by atoms with Gasteiger partial charge in [0.15, 0.2) is 5.82 Å². The smallest absolute Gasteiger partial charge is 0.285 e. The molecule has 0 N–H and O–H groups in total. The molecular formula is C18H22N6O. The summed E-state index contributed by atoms with van der Waals surface area (Å²) in [5.74, 6) is 2.37. The van der Waals surface area contributed by atoms with E-state index in [1.807, 2.05) is 13.8 Å². The van der Waals surface area contributed by atoms with Crippen molar-refractivity contribution >= 4 is 0 Å². The molecule has 0 aliphatic heterocycles. The summed E-state index contributed by atoms with van der Waals surface area (Å²) in [7, 11) is 0. The number of nitrogens with zero attached hydrogens (tertiary/aromatic N) is 6. The van der Waals surface area contributed by atoms with Gasteiger partial charge in [-0.3, -0.25) is 4.79 Å². The zero-order valence-corrected chi connectivity index (χ0v) is 14.7. The highest BCUT2D eigenvalue weighted by atomic mass is 16.1. The molecule has 0 bridgehead atoms. The van der Waals surface area contributed by atoms with Gasteiger partial charge >= 0.3 is 0 Å². The summed E-state index contributed by atoms with van der Waals surface area (Å²) in [6.07, 6.45) is 5.97. The molecule has 2 aromatic rings. The maximum absolute atomic E-state index is 12.7. The summed E-state index contributed by atoms with van der Waals surface area (Å²) < 4.78 is 3.62. The monoisotopic (exact) mass is 338 g/mol. The van der Waals surface area contributed by atoms with Crippen molar-refractivity contribution in [3.8, 4) is 6.07 Å². The van der Waals surface area contributed by atoms with E-state index in [0.29, 0.717) is 24.8 Å². The lowest BCUT2D eigenvalue weighted by Gasteiger charge is -2.13. The Labute approximate surface area is 146 Å². The SMILES string of the molecule is CCc1nn(Cc2nnc(C3CC3)n2C2CC2)c(=O)c(C#N)c1CC. The van der Waals surface area contributed by atoms with Crippen molar-refractivity contribution in [1.82, 2.24) is 24.5 Å². The van der Waals surface area contributed by atoms with E-state index >= 15 is 0 Å². The standard InChI is InChI=1S/C18H22N6O/c1-3-13-14(9-19)18(25)23(22-15(13)4-2)10-16-20-21-17(11-5-6-11)24(16)12-7-8-12/h11-12H,3-8,10H2,1-2H3. The normalized spacial score (nSPS) is 16.8. The van der Waals surface area contributed by atoms with Crippen LogP contribution < -0.4 is 5.56 Å². The average molecular weight is 338 g/mol. The van der Waals surface area contributed by atoms with Crippen molar-refractivity contribution in [3.05, 3.63) is 38.8 Å². The Morgan fingerprint density at radius 2 is 1.92 bits per heavy atom. The van der Waals surface area contributed by atoms with Gasteiger partial charge in [-0.05, 0) is 44.1 Å². The summed E-state index contributed by atoms with van der Waals surface area (Å²) in [4.78, 5) is 12.7. The number of aromatic nitrogens is 5. The van der Waals surface area contributed by atoms with E-state index in [9.17, 15) is 10.1 Å². The molecule has 4 rings (SSSR count). The molecule has 0 atom stereocenters. The predicted molar refractivity (Wildman–Crippen MR) is 91.3 cm³/mol. The average Bonchev–Trinajstić information content (AvgIpc) is 3.55. The van der Waals surface area contributed by atoms with Gasteiger partial charge in [-0.2, -0.15) is 10.4 Å². The van der Waals surface area contributed by atoms with Crippen molar-refractivity contribution in [2.45, 2.75) is 70.9 Å². The summed E-state index contributed by atoms with van der Waals surface area (Å²) in [6, 6.07) is 2.55. The Kier molecular flexibility index (Phi) is 3.91. The van der Waals surface area contributed by atoms with Crippen LogP contribution in [0.25, 0.3) is 0 Å². The third-order valence-corrected chi connectivity index (χ3v) is 5.08. The Morgan fingerprint density at radius 1 is 1.16 bits per heavy atom. The van der Waals surface area contributed by atoms with Crippen molar-refractivity contribution in [2.75, 3.05) is 0 Å². The van der Waals surface area contributed by atoms with E-state index in [-0.39, 0.29) is 17.7 Å². The number of rotatable bonds is 6. The largest absolute Gasteiger partial charge is 0.310 e. The second-order valence-corrected chi connectivity index (χ2v) is 6.93. The lowest BCUT2D eigenvalue weighted by Crippen LogP contribution is -2.30. The zero-order valence-electron chi connectivity index (χ0n) is 14.7. The van der Waals surface area contributed by atoms with Crippen LogP contribution in [0.3, 0.4) is 0 Å². The van der Waals surface area contributed by atoms with Crippen LogP contribution in [0.4, 0.5) is 0 Å². The molecule has 0 radical (unpaired) electrons. The van der Waals surface area contributed by atoms with Gasteiger partial charge in [0, 0.05) is 12.0 Å². The molecule has 7 nitrogen and oxygen atoms in total. The molecule has 2 heterocycles. The molecule has 25 heavy (non-hydrogen) atoms. The molecule has 7 heteroatoms. The van der Waals surface area contributed by atoms with Crippen LogP contribution >= 0.6 is 0 Å². The lowest BCUT2D eigenvalue weighted by molar-refractivity contribution is 0.553. The quantitative estimate of drug-likeness (QED) is 0.804. The fourth-order valence-corrected chi connectivity index (χ4v) is 3.47.